The van der Waals surface area contributed by atoms with E-state index in [9.17, 15) is 4.79 Å². The van der Waals surface area contributed by atoms with Gasteiger partial charge in [-0.3, -0.25) is 9.36 Å². The first kappa shape index (κ1) is 16.7. The lowest BCUT2D eigenvalue weighted by Gasteiger charge is -2.28. The molecule has 1 aliphatic carbocycles. The molecule has 4 rings (SSSR count). The Bertz CT molecular complexity index is 899. The van der Waals surface area contributed by atoms with Gasteiger partial charge in [0, 0.05) is 30.9 Å². The first-order valence-corrected chi connectivity index (χ1v) is 8.96. The molecule has 6 nitrogen and oxygen atoms in total. The summed E-state index contributed by atoms with van der Waals surface area (Å²) in [7, 11) is 1.75. The standard InChI is InChI=1S/C20H22N4O2/c1-26-15-8-6-14(7-9-15)22-20(25)17-12-19(24-11-10-21-13-24)23-18-5-3-2-4-16(17)18/h2-5,10-15H,6-9H2,1H3,(H,22,25). The predicted octanol–water partition coefficient (Wildman–Crippen LogP) is 3.11. The number of carbonyl (C=O) groups excluding carboxylic acids is 1. The van der Waals surface area contributed by atoms with E-state index in [2.05, 4.69) is 15.3 Å². The molecule has 0 saturated heterocycles. The molecule has 1 saturated carbocycles. The number of amides is 1. The Morgan fingerprint density at radius 2 is 2.04 bits per heavy atom. The highest BCUT2D eigenvalue weighted by atomic mass is 16.5. The summed E-state index contributed by atoms with van der Waals surface area (Å²) in [6.45, 7) is 0. The van der Waals surface area contributed by atoms with Crippen LogP contribution in [0.15, 0.2) is 49.1 Å². The monoisotopic (exact) mass is 350 g/mol. The molecule has 1 aromatic carbocycles. The second kappa shape index (κ2) is 7.25. The van der Waals surface area contributed by atoms with Gasteiger partial charge in [-0.2, -0.15) is 0 Å². The molecule has 0 radical (unpaired) electrons. The molecule has 134 valence electrons. The highest BCUT2D eigenvalue weighted by Crippen LogP contribution is 2.23. The summed E-state index contributed by atoms with van der Waals surface area (Å²) in [5.41, 5.74) is 1.44. The zero-order chi connectivity index (χ0) is 17.9. The van der Waals surface area contributed by atoms with Gasteiger partial charge in [0.25, 0.3) is 5.91 Å². The van der Waals surface area contributed by atoms with Gasteiger partial charge in [0.15, 0.2) is 0 Å². The third-order valence-corrected chi connectivity index (χ3v) is 5.06. The Morgan fingerprint density at radius 3 is 2.77 bits per heavy atom. The van der Waals surface area contributed by atoms with Gasteiger partial charge in [-0.15, -0.1) is 0 Å². The number of para-hydroxylation sites is 1. The van der Waals surface area contributed by atoms with Crippen molar-refractivity contribution in [2.45, 2.75) is 37.8 Å². The highest BCUT2D eigenvalue weighted by Gasteiger charge is 2.23. The van der Waals surface area contributed by atoms with Gasteiger partial charge >= 0.3 is 0 Å². The maximum Gasteiger partial charge on any atom is 0.252 e. The van der Waals surface area contributed by atoms with E-state index in [0.717, 1.165) is 36.6 Å². The minimum Gasteiger partial charge on any atom is -0.381 e. The molecule has 2 heterocycles. The summed E-state index contributed by atoms with van der Waals surface area (Å²) in [6.07, 6.45) is 9.39. The number of carbonyl (C=O) groups is 1. The maximum atomic E-state index is 13.0. The summed E-state index contributed by atoms with van der Waals surface area (Å²) in [5.74, 6) is 0.639. The number of rotatable bonds is 4. The van der Waals surface area contributed by atoms with Gasteiger partial charge in [0.2, 0.25) is 0 Å². The number of nitrogens with one attached hydrogen (secondary N) is 1. The van der Waals surface area contributed by atoms with Crippen molar-refractivity contribution in [3.05, 3.63) is 54.6 Å². The SMILES string of the molecule is COC1CCC(NC(=O)c2cc(-n3ccnc3)nc3ccccc23)CC1. The van der Waals surface area contributed by atoms with Crippen molar-refractivity contribution in [2.24, 2.45) is 0 Å². The van der Waals surface area contributed by atoms with Crippen LogP contribution in [0.2, 0.25) is 0 Å². The number of nitrogens with zero attached hydrogens (tertiary/aromatic N) is 3. The van der Waals surface area contributed by atoms with Crippen molar-refractivity contribution in [1.29, 1.82) is 0 Å². The van der Waals surface area contributed by atoms with Crippen LogP contribution in [0.1, 0.15) is 36.0 Å². The smallest absolute Gasteiger partial charge is 0.252 e. The number of benzene rings is 1. The number of hydrogen-bond acceptors (Lipinski definition) is 4. The molecule has 0 spiro atoms. The number of aromatic nitrogens is 3. The topological polar surface area (TPSA) is 69.0 Å². The van der Waals surface area contributed by atoms with Crippen molar-refractivity contribution in [1.82, 2.24) is 19.9 Å². The summed E-state index contributed by atoms with van der Waals surface area (Å²) < 4.78 is 7.23. The van der Waals surface area contributed by atoms with Crippen LogP contribution in [0.25, 0.3) is 16.7 Å². The summed E-state index contributed by atoms with van der Waals surface area (Å²) in [4.78, 5) is 21.7. The van der Waals surface area contributed by atoms with Crippen molar-refractivity contribution in [2.75, 3.05) is 7.11 Å². The van der Waals surface area contributed by atoms with Gasteiger partial charge in [-0.25, -0.2) is 9.97 Å². The van der Waals surface area contributed by atoms with Crippen LogP contribution in [0, 0.1) is 0 Å². The van der Waals surface area contributed by atoms with Gasteiger partial charge in [-0.1, -0.05) is 18.2 Å². The minimum absolute atomic E-state index is 0.0502. The van der Waals surface area contributed by atoms with Gasteiger partial charge in [0.05, 0.1) is 17.2 Å². The lowest BCUT2D eigenvalue weighted by Crippen LogP contribution is -2.39. The largest absolute Gasteiger partial charge is 0.381 e. The predicted molar refractivity (Wildman–Crippen MR) is 99.4 cm³/mol. The van der Waals surface area contributed by atoms with Crippen LogP contribution < -0.4 is 5.32 Å². The van der Waals surface area contributed by atoms with Crippen molar-refractivity contribution in [3.8, 4) is 5.82 Å². The average molecular weight is 350 g/mol. The fraction of sp³-hybridized carbons (Fsp3) is 0.350. The molecule has 1 N–H and O–H groups in total. The Morgan fingerprint density at radius 1 is 1.23 bits per heavy atom. The fourth-order valence-corrected chi connectivity index (χ4v) is 3.58. The Balaban J connectivity index is 1.63. The van der Waals surface area contributed by atoms with Gasteiger partial charge < -0.3 is 10.1 Å². The third-order valence-electron chi connectivity index (χ3n) is 5.06. The lowest BCUT2D eigenvalue weighted by molar-refractivity contribution is 0.0599. The van der Waals surface area contributed by atoms with E-state index >= 15 is 0 Å². The third kappa shape index (κ3) is 3.32. The zero-order valence-electron chi connectivity index (χ0n) is 14.8. The Hall–Kier alpha value is -2.73. The molecule has 1 aliphatic rings. The second-order valence-electron chi connectivity index (χ2n) is 6.70. The van der Waals surface area contributed by atoms with Gasteiger partial charge in [0.1, 0.15) is 12.1 Å². The molecule has 26 heavy (non-hydrogen) atoms. The summed E-state index contributed by atoms with van der Waals surface area (Å²) >= 11 is 0. The number of methoxy groups -OCH3 is 1. The zero-order valence-corrected chi connectivity index (χ0v) is 14.8. The molecular weight excluding hydrogens is 328 g/mol. The van der Waals surface area contributed by atoms with Crippen LogP contribution in [0.4, 0.5) is 0 Å². The van der Waals surface area contributed by atoms with Crippen molar-refractivity contribution in [3.63, 3.8) is 0 Å². The molecule has 2 aromatic heterocycles. The van der Waals surface area contributed by atoms with E-state index in [0.29, 0.717) is 17.5 Å². The highest BCUT2D eigenvalue weighted by molar-refractivity contribution is 6.06. The van der Waals surface area contributed by atoms with E-state index in [1.54, 1.807) is 19.6 Å². The first-order valence-electron chi connectivity index (χ1n) is 8.96. The van der Waals surface area contributed by atoms with E-state index in [4.69, 9.17) is 4.74 Å². The molecule has 0 aliphatic heterocycles. The normalized spacial score (nSPS) is 20.2. The Kier molecular flexibility index (Phi) is 4.67. The molecule has 0 bridgehead atoms. The number of ether oxygens (including phenoxy) is 1. The first-order chi connectivity index (χ1) is 12.7. The number of imidazole rings is 1. The molecule has 0 unspecified atom stereocenters. The van der Waals surface area contributed by atoms with Crippen LogP contribution in [0.5, 0.6) is 0 Å². The van der Waals surface area contributed by atoms with Crippen molar-refractivity contribution >= 4 is 16.8 Å². The lowest BCUT2D eigenvalue weighted by atomic mass is 9.92. The average Bonchev–Trinajstić information content (AvgIpc) is 3.22. The maximum absolute atomic E-state index is 13.0. The van der Waals surface area contributed by atoms with Gasteiger partial charge in [-0.05, 0) is 37.8 Å². The van der Waals surface area contributed by atoms with Crippen molar-refractivity contribution < 1.29 is 9.53 Å². The van der Waals surface area contributed by atoms with E-state index in [-0.39, 0.29) is 11.9 Å². The fourth-order valence-electron chi connectivity index (χ4n) is 3.58. The van der Waals surface area contributed by atoms with Crippen LogP contribution in [-0.4, -0.2) is 39.7 Å². The number of pyridine rings is 1. The molecule has 1 amide bonds. The second-order valence-corrected chi connectivity index (χ2v) is 6.70. The van der Waals surface area contributed by atoms with E-state index < -0.39 is 0 Å². The molecule has 3 aromatic rings. The Labute approximate surface area is 152 Å². The van der Waals surface area contributed by atoms with Crippen LogP contribution in [0.3, 0.4) is 0 Å². The molecule has 1 fully saturated rings. The molecule has 0 atom stereocenters. The summed E-state index contributed by atoms with van der Waals surface area (Å²) in [6, 6.07) is 9.76. The number of hydrogen-bond donors (Lipinski definition) is 1. The quantitative estimate of drug-likeness (QED) is 0.785. The van der Waals surface area contributed by atoms with E-state index in [1.807, 2.05) is 41.1 Å². The molecular formula is C20H22N4O2. The van der Waals surface area contributed by atoms with E-state index in [1.165, 1.54) is 0 Å². The number of fused-ring (bicyclic) bond motifs is 1. The summed E-state index contributed by atoms with van der Waals surface area (Å²) in [5, 5.41) is 4.06. The van der Waals surface area contributed by atoms with Crippen LogP contribution >= 0.6 is 0 Å². The van der Waals surface area contributed by atoms with Crippen LogP contribution in [-0.2, 0) is 4.74 Å². The molecule has 6 heteroatoms. The minimum atomic E-state index is -0.0502.